The Kier molecular flexibility index (Phi) is 4.74. The predicted molar refractivity (Wildman–Crippen MR) is 83.0 cm³/mol. The fourth-order valence-corrected chi connectivity index (χ4v) is 3.51. The van der Waals surface area contributed by atoms with Crippen molar-refractivity contribution in [1.82, 2.24) is 0 Å². The molecule has 0 radical (unpaired) electrons. The molecule has 112 valence electrons. The number of hydrogen-bond acceptors (Lipinski definition) is 2. The zero-order valence-corrected chi connectivity index (χ0v) is 13.3. The Morgan fingerprint density at radius 3 is 2.75 bits per heavy atom. The summed E-state index contributed by atoms with van der Waals surface area (Å²) < 4.78 is 5.71. The van der Waals surface area contributed by atoms with Gasteiger partial charge in [-0.3, -0.25) is 0 Å². The lowest BCUT2D eigenvalue weighted by Gasteiger charge is -2.41. The molecule has 0 aliphatic heterocycles. The van der Waals surface area contributed by atoms with Gasteiger partial charge in [0, 0.05) is 5.56 Å². The van der Waals surface area contributed by atoms with Gasteiger partial charge in [0.2, 0.25) is 0 Å². The third-order valence-corrected chi connectivity index (χ3v) is 4.75. The normalized spacial score (nSPS) is 23.4. The molecule has 0 aromatic heterocycles. The average molecular weight is 276 g/mol. The fraction of sp³-hybridized carbons (Fsp3) is 0.667. The Hall–Kier alpha value is -1.02. The molecule has 2 atom stereocenters. The van der Waals surface area contributed by atoms with E-state index in [1.807, 2.05) is 19.1 Å². The Balaban J connectivity index is 2.31. The number of rotatable bonds is 4. The number of aryl methyl sites for hydroxylation is 1. The van der Waals surface area contributed by atoms with Gasteiger partial charge in [0.05, 0.1) is 12.7 Å². The summed E-state index contributed by atoms with van der Waals surface area (Å²) in [6.45, 7) is 9.27. The summed E-state index contributed by atoms with van der Waals surface area (Å²) in [5, 5.41) is 10.9. The van der Waals surface area contributed by atoms with Crippen molar-refractivity contribution in [2.45, 2.75) is 59.5 Å². The molecule has 2 unspecified atom stereocenters. The largest absolute Gasteiger partial charge is 0.493 e. The van der Waals surface area contributed by atoms with Crippen LogP contribution in [-0.2, 0) is 0 Å². The van der Waals surface area contributed by atoms with E-state index in [1.165, 1.54) is 24.8 Å². The highest BCUT2D eigenvalue weighted by atomic mass is 16.5. The summed E-state index contributed by atoms with van der Waals surface area (Å²) in [6.07, 6.45) is 4.38. The number of aliphatic hydroxyl groups excluding tert-OH is 1. The van der Waals surface area contributed by atoms with Crippen molar-refractivity contribution in [3.8, 4) is 5.75 Å². The van der Waals surface area contributed by atoms with Gasteiger partial charge in [-0.1, -0.05) is 38.3 Å². The first kappa shape index (κ1) is 15.4. The second-order valence-electron chi connectivity index (χ2n) is 6.76. The predicted octanol–water partition coefficient (Wildman–Crippen LogP) is 4.64. The molecule has 1 aliphatic carbocycles. The zero-order chi connectivity index (χ0) is 14.8. The van der Waals surface area contributed by atoms with Crippen LogP contribution in [0.25, 0.3) is 0 Å². The molecule has 0 heterocycles. The minimum absolute atomic E-state index is 0.199. The smallest absolute Gasteiger partial charge is 0.125 e. The molecule has 0 amide bonds. The van der Waals surface area contributed by atoms with E-state index >= 15 is 0 Å². The van der Waals surface area contributed by atoms with Crippen molar-refractivity contribution in [3.63, 3.8) is 0 Å². The Bertz CT molecular complexity index is 451. The van der Waals surface area contributed by atoms with Crippen LogP contribution in [0.4, 0.5) is 0 Å². The molecule has 1 fully saturated rings. The maximum absolute atomic E-state index is 10.9. The summed E-state index contributed by atoms with van der Waals surface area (Å²) in [7, 11) is 0. The van der Waals surface area contributed by atoms with Crippen molar-refractivity contribution in [3.05, 3.63) is 29.3 Å². The van der Waals surface area contributed by atoms with Crippen LogP contribution in [0, 0.1) is 18.3 Å². The molecule has 1 aliphatic rings. The first-order valence-electron chi connectivity index (χ1n) is 7.87. The van der Waals surface area contributed by atoms with E-state index in [0.29, 0.717) is 12.5 Å². The van der Waals surface area contributed by atoms with Crippen molar-refractivity contribution < 1.29 is 9.84 Å². The van der Waals surface area contributed by atoms with E-state index in [2.05, 4.69) is 26.8 Å². The van der Waals surface area contributed by atoms with Crippen LogP contribution in [0.5, 0.6) is 5.75 Å². The third kappa shape index (κ3) is 3.17. The van der Waals surface area contributed by atoms with Crippen LogP contribution in [0.2, 0.25) is 0 Å². The van der Waals surface area contributed by atoms with Gasteiger partial charge >= 0.3 is 0 Å². The van der Waals surface area contributed by atoms with E-state index in [9.17, 15) is 5.11 Å². The molecule has 2 rings (SSSR count). The maximum atomic E-state index is 10.9. The van der Waals surface area contributed by atoms with Gasteiger partial charge in [0.1, 0.15) is 5.75 Å². The lowest BCUT2D eigenvalue weighted by Crippen LogP contribution is -2.32. The van der Waals surface area contributed by atoms with Crippen LogP contribution in [0.3, 0.4) is 0 Å². The zero-order valence-electron chi connectivity index (χ0n) is 13.3. The van der Waals surface area contributed by atoms with Crippen LogP contribution >= 0.6 is 0 Å². The van der Waals surface area contributed by atoms with Crippen molar-refractivity contribution >= 4 is 0 Å². The van der Waals surface area contributed by atoms with E-state index in [4.69, 9.17) is 4.74 Å². The van der Waals surface area contributed by atoms with E-state index in [0.717, 1.165) is 17.7 Å². The van der Waals surface area contributed by atoms with E-state index in [1.54, 1.807) is 0 Å². The van der Waals surface area contributed by atoms with Crippen molar-refractivity contribution in [2.24, 2.45) is 11.3 Å². The molecule has 0 bridgehead atoms. The van der Waals surface area contributed by atoms with E-state index < -0.39 is 6.10 Å². The lowest BCUT2D eigenvalue weighted by molar-refractivity contribution is 0.00243. The summed E-state index contributed by atoms with van der Waals surface area (Å²) in [6, 6.07) is 6.13. The first-order valence-corrected chi connectivity index (χ1v) is 7.87. The van der Waals surface area contributed by atoms with Crippen LogP contribution < -0.4 is 4.74 Å². The van der Waals surface area contributed by atoms with Gasteiger partial charge < -0.3 is 9.84 Å². The molecule has 0 saturated heterocycles. The van der Waals surface area contributed by atoms with E-state index in [-0.39, 0.29) is 5.41 Å². The SMILES string of the molecule is CCOc1ccc(C)cc1C(O)C1CCCCC1(C)C. The molecule has 0 spiro atoms. The third-order valence-electron chi connectivity index (χ3n) is 4.75. The van der Waals surface area contributed by atoms with Gasteiger partial charge in [0.15, 0.2) is 0 Å². The first-order chi connectivity index (χ1) is 9.45. The van der Waals surface area contributed by atoms with Gasteiger partial charge in [-0.2, -0.15) is 0 Å². The number of benzene rings is 1. The van der Waals surface area contributed by atoms with Gasteiger partial charge in [0.25, 0.3) is 0 Å². The quantitative estimate of drug-likeness (QED) is 0.867. The topological polar surface area (TPSA) is 29.5 Å². The second-order valence-corrected chi connectivity index (χ2v) is 6.76. The Morgan fingerprint density at radius 2 is 2.10 bits per heavy atom. The fourth-order valence-electron chi connectivity index (χ4n) is 3.51. The van der Waals surface area contributed by atoms with Gasteiger partial charge in [-0.05, 0) is 50.2 Å². The maximum Gasteiger partial charge on any atom is 0.125 e. The summed E-state index contributed by atoms with van der Waals surface area (Å²) >= 11 is 0. The average Bonchev–Trinajstić information content (AvgIpc) is 2.40. The Morgan fingerprint density at radius 1 is 1.35 bits per heavy atom. The van der Waals surface area contributed by atoms with Crippen LogP contribution in [-0.4, -0.2) is 11.7 Å². The summed E-state index contributed by atoms with van der Waals surface area (Å²) in [4.78, 5) is 0. The molecule has 20 heavy (non-hydrogen) atoms. The molecular formula is C18H28O2. The second kappa shape index (κ2) is 6.17. The molecule has 1 saturated carbocycles. The highest BCUT2D eigenvalue weighted by Crippen LogP contribution is 2.48. The van der Waals surface area contributed by atoms with Crippen molar-refractivity contribution in [1.29, 1.82) is 0 Å². The molecular weight excluding hydrogens is 248 g/mol. The monoisotopic (exact) mass is 276 g/mol. The standard InChI is InChI=1S/C18H28O2/c1-5-20-16-10-9-13(2)12-14(16)17(19)15-8-6-7-11-18(15,3)4/h9-10,12,15,17,19H,5-8,11H2,1-4H3. The van der Waals surface area contributed by atoms with Crippen LogP contribution in [0.15, 0.2) is 18.2 Å². The highest BCUT2D eigenvalue weighted by molar-refractivity contribution is 5.39. The minimum atomic E-state index is -0.424. The molecule has 1 aromatic rings. The number of ether oxygens (including phenoxy) is 1. The Labute approximate surface area is 123 Å². The highest BCUT2D eigenvalue weighted by Gasteiger charge is 2.38. The molecule has 2 nitrogen and oxygen atoms in total. The summed E-state index contributed by atoms with van der Waals surface area (Å²) in [5.41, 5.74) is 2.34. The lowest BCUT2D eigenvalue weighted by atomic mass is 9.65. The number of hydrogen-bond donors (Lipinski definition) is 1. The molecule has 2 heteroatoms. The minimum Gasteiger partial charge on any atom is -0.493 e. The van der Waals surface area contributed by atoms with Gasteiger partial charge in [-0.15, -0.1) is 0 Å². The van der Waals surface area contributed by atoms with Crippen LogP contribution in [0.1, 0.15) is 63.7 Å². The summed E-state index contributed by atoms with van der Waals surface area (Å²) in [5.74, 6) is 1.16. The van der Waals surface area contributed by atoms with Gasteiger partial charge in [-0.25, -0.2) is 0 Å². The number of aliphatic hydroxyl groups is 1. The molecule has 1 N–H and O–H groups in total. The van der Waals surface area contributed by atoms with Crippen molar-refractivity contribution in [2.75, 3.05) is 6.61 Å². The molecule has 1 aromatic carbocycles.